The average Bonchev–Trinajstić information content (AvgIpc) is 2.52. The molecule has 5 heteroatoms. The van der Waals surface area contributed by atoms with E-state index in [9.17, 15) is 9.50 Å². The number of hydrogen-bond donors (Lipinski definition) is 2. The maximum atomic E-state index is 13.7. The number of benzene rings is 1. The fourth-order valence-corrected chi connectivity index (χ4v) is 2.66. The van der Waals surface area contributed by atoms with Gasteiger partial charge in [-0.25, -0.2) is 4.39 Å². The zero-order chi connectivity index (χ0) is 15.9. The molecule has 0 bridgehead atoms. The third-order valence-corrected chi connectivity index (χ3v) is 4.10. The number of hydrogen-bond acceptors (Lipinski definition) is 2. The molecular formula is C17H26FN3O. The van der Waals surface area contributed by atoms with Gasteiger partial charge < -0.3 is 15.3 Å². The Bertz CT molecular complexity index is 498. The van der Waals surface area contributed by atoms with E-state index < -0.39 is 6.10 Å². The Morgan fingerprint density at radius 3 is 2.73 bits per heavy atom. The molecule has 122 valence electrons. The summed E-state index contributed by atoms with van der Waals surface area (Å²) in [6.07, 6.45) is 1.39. The Kier molecular flexibility index (Phi) is 6.19. The van der Waals surface area contributed by atoms with Gasteiger partial charge in [-0.05, 0) is 31.7 Å². The maximum Gasteiger partial charge on any atom is 0.194 e. The monoisotopic (exact) mass is 307 g/mol. The first kappa shape index (κ1) is 16.7. The summed E-state index contributed by atoms with van der Waals surface area (Å²) in [7, 11) is 0. The summed E-state index contributed by atoms with van der Waals surface area (Å²) in [4.78, 5) is 6.71. The molecule has 4 nitrogen and oxygen atoms in total. The highest BCUT2D eigenvalue weighted by molar-refractivity contribution is 5.80. The standard InChI is InChI=1S/C17H26FN3O/c1-3-19-17(21-10-8-13(2)9-11-21)20-12-16(22)14-6-4-5-7-15(14)18/h4-7,13,16,22H,3,8-12H2,1-2H3,(H,19,20). The Labute approximate surface area is 132 Å². The highest BCUT2D eigenvalue weighted by atomic mass is 19.1. The Morgan fingerprint density at radius 1 is 1.41 bits per heavy atom. The predicted octanol–water partition coefficient (Wildman–Crippen LogP) is 2.56. The van der Waals surface area contributed by atoms with Crippen molar-refractivity contribution in [3.05, 3.63) is 35.6 Å². The fraction of sp³-hybridized carbons (Fsp3) is 0.588. The lowest BCUT2D eigenvalue weighted by Gasteiger charge is -2.33. The first-order chi connectivity index (χ1) is 10.6. The van der Waals surface area contributed by atoms with Crippen LogP contribution in [0.15, 0.2) is 29.3 Å². The molecule has 1 atom stereocenters. The second kappa shape index (κ2) is 8.13. The van der Waals surface area contributed by atoms with Crippen LogP contribution in [0.3, 0.4) is 0 Å². The van der Waals surface area contributed by atoms with Crippen LogP contribution in [0.2, 0.25) is 0 Å². The zero-order valence-corrected chi connectivity index (χ0v) is 13.4. The van der Waals surface area contributed by atoms with Crippen LogP contribution < -0.4 is 5.32 Å². The lowest BCUT2D eigenvalue weighted by molar-refractivity contribution is 0.181. The zero-order valence-electron chi connectivity index (χ0n) is 13.4. The van der Waals surface area contributed by atoms with Crippen LogP contribution >= 0.6 is 0 Å². The van der Waals surface area contributed by atoms with Gasteiger partial charge in [-0.15, -0.1) is 0 Å². The predicted molar refractivity (Wildman–Crippen MR) is 87.3 cm³/mol. The molecule has 0 radical (unpaired) electrons. The smallest absolute Gasteiger partial charge is 0.194 e. The molecular weight excluding hydrogens is 281 g/mol. The van der Waals surface area contributed by atoms with Crippen LogP contribution in [0.25, 0.3) is 0 Å². The van der Waals surface area contributed by atoms with Crippen LogP contribution in [-0.2, 0) is 0 Å². The maximum absolute atomic E-state index is 13.7. The minimum atomic E-state index is -0.918. The van der Waals surface area contributed by atoms with Crippen molar-refractivity contribution in [1.29, 1.82) is 0 Å². The van der Waals surface area contributed by atoms with E-state index in [1.165, 1.54) is 6.07 Å². The number of aliphatic hydroxyl groups excluding tert-OH is 1. The van der Waals surface area contributed by atoms with Gasteiger partial charge in [0, 0.05) is 25.2 Å². The number of piperidine rings is 1. The lowest BCUT2D eigenvalue weighted by atomic mass is 9.99. The molecule has 2 rings (SSSR count). The number of likely N-dealkylation sites (tertiary alicyclic amines) is 1. The molecule has 1 fully saturated rings. The van der Waals surface area contributed by atoms with Crippen LogP contribution in [0, 0.1) is 11.7 Å². The molecule has 0 amide bonds. The van der Waals surface area contributed by atoms with Crippen molar-refractivity contribution in [3.63, 3.8) is 0 Å². The summed E-state index contributed by atoms with van der Waals surface area (Å²) < 4.78 is 13.7. The molecule has 1 aliphatic heterocycles. The molecule has 1 saturated heterocycles. The van der Waals surface area contributed by atoms with E-state index in [-0.39, 0.29) is 12.4 Å². The van der Waals surface area contributed by atoms with Crippen LogP contribution in [0.5, 0.6) is 0 Å². The summed E-state index contributed by atoms with van der Waals surface area (Å²) in [5.41, 5.74) is 0.300. The van der Waals surface area contributed by atoms with E-state index in [2.05, 4.69) is 22.1 Å². The van der Waals surface area contributed by atoms with Gasteiger partial charge in [0.1, 0.15) is 11.9 Å². The van der Waals surface area contributed by atoms with Crippen LogP contribution in [-0.4, -0.2) is 42.1 Å². The summed E-state index contributed by atoms with van der Waals surface area (Å²) in [6, 6.07) is 6.31. The first-order valence-corrected chi connectivity index (χ1v) is 8.07. The quantitative estimate of drug-likeness (QED) is 0.664. The second-order valence-electron chi connectivity index (χ2n) is 5.90. The normalized spacial score (nSPS) is 18.4. The van der Waals surface area contributed by atoms with E-state index >= 15 is 0 Å². The number of halogens is 1. The molecule has 22 heavy (non-hydrogen) atoms. The van der Waals surface area contributed by atoms with E-state index in [1.54, 1.807) is 18.2 Å². The fourth-order valence-electron chi connectivity index (χ4n) is 2.66. The summed E-state index contributed by atoms with van der Waals surface area (Å²) in [6.45, 7) is 7.18. The topological polar surface area (TPSA) is 47.9 Å². The molecule has 1 heterocycles. The van der Waals surface area contributed by atoms with Crippen molar-refractivity contribution < 1.29 is 9.50 Å². The molecule has 1 aromatic rings. The summed E-state index contributed by atoms with van der Waals surface area (Å²) >= 11 is 0. The molecule has 0 spiro atoms. The molecule has 1 aromatic carbocycles. The van der Waals surface area contributed by atoms with Gasteiger partial charge >= 0.3 is 0 Å². The van der Waals surface area contributed by atoms with Gasteiger partial charge in [0.05, 0.1) is 6.54 Å². The highest BCUT2D eigenvalue weighted by Crippen LogP contribution is 2.18. The Hall–Kier alpha value is -1.62. The van der Waals surface area contributed by atoms with Gasteiger partial charge in [0.15, 0.2) is 5.96 Å². The minimum Gasteiger partial charge on any atom is -0.386 e. The number of aliphatic imine (C=N–C) groups is 1. The number of guanidine groups is 1. The largest absolute Gasteiger partial charge is 0.386 e. The van der Waals surface area contributed by atoms with Crippen molar-refractivity contribution in [2.45, 2.75) is 32.8 Å². The van der Waals surface area contributed by atoms with E-state index in [4.69, 9.17) is 0 Å². The molecule has 0 aliphatic carbocycles. The van der Waals surface area contributed by atoms with Gasteiger partial charge in [-0.2, -0.15) is 0 Å². The number of rotatable bonds is 4. The lowest BCUT2D eigenvalue weighted by Crippen LogP contribution is -2.45. The Morgan fingerprint density at radius 2 is 2.09 bits per heavy atom. The summed E-state index contributed by atoms with van der Waals surface area (Å²) in [5.74, 6) is 1.18. The van der Waals surface area contributed by atoms with E-state index in [0.29, 0.717) is 5.56 Å². The van der Waals surface area contributed by atoms with E-state index in [1.807, 2.05) is 6.92 Å². The molecule has 0 saturated carbocycles. The van der Waals surface area contributed by atoms with Crippen molar-refractivity contribution in [2.75, 3.05) is 26.2 Å². The Balaban J connectivity index is 2.02. The number of aliphatic hydroxyl groups is 1. The van der Waals surface area contributed by atoms with Gasteiger partial charge in [0.25, 0.3) is 0 Å². The van der Waals surface area contributed by atoms with Gasteiger partial charge in [-0.3, -0.25) is 4.99 Å². The number of nitrogens with zero attached hydrogens (tertiary/aromatic N) is 2. The van der Waals surface area contributed by atoms with Gasteiger partial charge in [-0.1, -0.05) is 25.1 Å². The van der Waals surface area contributed by atoms with E-state index in [0.717, 1.165) is 44.4 Å². The van der Waals surface area contributed by atoms with Crippen molar-refractivity contribution in [2.24, 2.45) is 10.9 Å². The van der Waals surface area contributed by atoms with Gasteiger partial charge in [0.2, 0.25) is 0 Å². The third-order valence-electron chi connectivity index (χ3n) is 4.10. The highest BCUT2D eigenvalue weighted by Gasteiger charge is 2.19. The summed E-state index contributed by atoms with van der Waals surface area (Å²) in [5, 5.41) is 13.4. The van der Waals surface area contributed by atoms with Crippen LogP contribution in [0.1, 0.15) is 38.4 Å². The molecule has 1 aliphatic rings. The molecule has 2 N–H and O–H groups in total. The molecule has 1 unspecified atom stereocenters. The first-order valence-electron chi connectivity index (χ1n) is 8.07. The average molecular weight is 307 g/mol. The number of nitrogens with one attached hydrogen (secondary N) is 1. The van der Waals surface area contributed by atoms with Crippen LogP contribution in [0.4, 0.5) is 4.39 Å². The van der Waals surface area contributed by atoms with Crippen molar-refractivity contribution in [3.8, 4) is 0 Å². The minimum absolute atomic E-state index is 0.162. The van der Waals surface area contributed by atoms with Crippen molar-refractivity contribution in [1.82, 2.24) is 10.2 Å². The van der Waals surface area contributed by atoms with Crippen molar-refractivity contribution >= 4 is 5.96 Å². The third kappa shape index (κ3) is 4.44. The second-order valence-corrected chi connectivity index (χ2v) is 5.90. The molecule has 0 aromatic heterocycles. The SMILES string of the molecule is CCNC(=NCC(O)c1ccccc1F)N1CCC(C)CC1.